The van der Waals surface area contributed by atoms with Gasteiger partial charge in [-0.15, -0.1) is 0 Å². The molecule has 0 aliphatic rings. The first-order valence-corrected chi connectivity index (χ1v) is 5.55. The van der Waals surface area contributed by atoms with E-state index < -0.39 is 49.4 Å². The maximum atomic E-state index is 12.3. The zero-order valence-corrected chi connectivity index (χ0v) is 10.5. The van der Waals surface area contributed by atoms with Gasteiger partial charge in [0.05, 0.1) is 0 Å². The number of amides is 1. The first kappa shape index (κ1) is 16.5. The monoisotopic (exact) mass is 308 g/mol. The summed E-state index contributed by atoms with van der Waals surface area (Å²) in [5, 5.41) is 17.3. The molecule has 0 aliphatic heterocycles. The van der Waals surface area contributed by atoms with Gasteiger partial charge in [0.2, 0.25) is 0 Å². The lowest BCUT2D eigenvalue weighted by Gasteiger charge is -2.20. The lowest BCUT2D eigenvalue weighted by molar-refractivity contribution is -0.142. The smallest absolute Gasteiger partial charge is 0.406 e. The zero-order chi connectivity index (χ0) is 16.2. The Kier molecular flexibility index (Phi) is 4.95. The van der Waals surface area contributed by atoms with Crippen LogP contribution in [0.25, 0.3) is 0 Å². The molecule has 116 valence electrons. The second kappa shape index (κ2) is 6.29. The molecule has 0 bridgehead atoms. The number of carboxylic acids is 2. The van der Waals surface area contributed by atoms with Crippen molar-refractivity contribution in [3.05, 3.63) is 24.0 Å². The molecule has 0 saturated heterocycles. The number of hydrogen-bond donors (Lipinski definition) is 2. The molecule has 1 heterocycles. The normalized spacial score (nSPS) is 11.2. The largest absolute Gasteiger partial charge is 0.480 e. The Labute approximate surface area is 116 Å². The molecule has 0 saturated carbocycles. The number of rotatable bonds is 6. The molecule has 21 heavy (non-hydrogen) atoms. The third-order valence-corrected chi connectivity index (χ3v) is 2.34. The molecule has 1 aromatic rings. The number of aromatic nitrogens is 1. The van der Waals surface area contributed by atoms with Crippen molar-refractivity contribution in [2.45, 2.75) is 12.7 Å². The van der Waals surface area contributed by atoms with Crippen molar-refractivity contribution in [2.24, 2.45) is 0 Å². The average Bonchev–Trinajstić information content (AvgIpc) is 2.71. The van der Waals surface area contributed by atoms with Gasteiger partial charge in [0.1, 0.15) is 25.3 Å². The molecule has 0 aliphatic carbocycles. The van der Waals surface area contributed by atoms with Gasteiger partial charge in [0.15, 0.2) is 0 Å². The SMILES string of the molecule is O=C(O)CN(CC(=O)O)C(=O)c1cccn1CC(F)(F)F. The van der Waals surface area contributed by atoms with Gasteiger partial charge in [-0.1, -0.05) is 0 Å². The maximum Gasteiger partial charge on any atom is 0.406 e. The van der Waals surface area contributed by atoms with Gasteiger partial charge in [-0.2, -0.15) is 13.2 Å². The number of hydrogen-bond acceptors (Lipinski definition) is 3. The van der Waals surface area contributed by atoms with Crippen LogP contribution >= 0.6 is 0 Å². The fourth-order valence-corrected chi connectivity index (χ4v) is 1.63. The number of carboxylic acid groups (broad SMARTS) is 2. The van der Waals surface area contributed by atoms with Gasteiger partial charge in [-0.05, 0) is 12.1 Å². The molecular weight excluding hydrogens is 297 g/mol. The number of alkyl halides is 3. The highest BCUT2D eigenvalue weighted by Gasteiger charge is 2.31. The molecule has 0 atom stereocenters. The van der Waals surface area contributed by atoms with E-state index in [9.17, 15) is 27.6 Å². The summed E-state index contributed by atoms with van der Waals surface area (Å²) in [6.45, 7) is -3.29. The third kappa shape index (κ3) is 5.16. The molecule has 0 spiro atoms. The van der Waals surface area contributed by atoms with Crippen LogP contribution in [-0.2, 0) is 16.1 Å². The van der Waals surface area contributed by atoms with E-state index in [-0.39, 0.29) is 0 Å². The summed E-state index contributed by atoms with van der Waals surface area (Å²) in [7, 11) is 0. The van der Waals surface area contributed by atoms with Crippen LogP contribution in [0.1, 0.15) is 10.5 Å². The van der Waals surface area contributed by atoms with E-state index in [1.54, 1.807) is 0 Å². The topological polar surface area (TPSA) is 99.8 Å². The molecule has 10 heteroatoms. The van der Waals surface area contributed by atoms with E-state index in [4.69, 9.17) is 10.2 Å². The van der Waals surface area contributed by atoms with E-state index >= 15 is 0 Å². The van der Waals surface area contributed by atoms with Crippen LogP contribution in [0.5, 0.6) is 0 Å². The quantitative estimate of drug-likeness (QED) is 0.804. The summed E-state index contributed by atoms with van der Waals surface area (Å²) in [6, 6.07) is 2.24. The van der Waals surface area contributed by atoms with Crippen LogP contribution in [0.15, 0.2) is 18.3 Å². The minimum atomic E-state index is -4.57. The van der Waals surface area contributed by atoms with Crippen molar-refractivity contribution >= 4 is 17.8 Å². The summed E-state index contributed by atoms with van der Waals surface area (Å²) < 4.78 is 37.6. The summed E-state index contributed by atoms with van der Waals surface area (Å²) >= 11 is 0. The molecule has 0 fully saturated rings. The molecule has 0 radical (unpaired) electrons. The second-order valence-corrected chi connectivity index (χ2v) is 4.09. The van der Waals surface area contributed by atoms with Crippen molar-refractivity contribution in [3.8, 4) is 0 Å². The lowest BCUT2D eigenvalue weighted by atomic mass is 10.3. The van der Waals surface area contributed by atoms with Gasteiger partial charge < -0.3 is 19.7 Å². The molecule has 0 unspecified atom stereocenters. The zero-order valence-electron chi connectivity index (χ0n) is 10.5. The highest BCUT2D eigenvalue weighted by molar-refractivity contribution is 5.96. The first-order valence-electron chi connectivity index (χ1n) is 5.55. The number of carbonyl (C=O) groups is 3. The third-order valence-electron chi connectivity index (χ3n) is 2.34. The molecule has 0 aromatic carbocycles. The Morgan fingerprint density at radius 1 is 1.14 bits per heavy atom. The summed E-state index contributed by atoms with van der Waals surface area (Å²) in [6.07, 6.45) is -3.57. The van der Waals surface area contributed by atoms with Crippen molar-refractivity contribution in [1.82, 2.24) is 9.47 Å². The van der Waals surface area contributed by atoms with Crippen LogP contribution in [0, 0.1) is 0 Å². The van der Waals surface area contributed by atoms with Crippen LogP contribution in [0.2, 0.25) is 0 Å². The van der Waals surface area contributed by atoms with Crippen LogP contribution in [0.3, 0.4) is 0 Å². The highest BCUT2D eigenvalue weighted by Crippen LogP contribution is 2.19. The maximum absolute atomic E-state index is 12.3. The summed E-state index contributed by atoms with van der Waals surface area (Å²) in [5.74, 6) is -4.05. The standard InChI is InChI=1S/C11H11F3N2O5/c12-11(13,14)6-15-3-1-2-7(15)10(21)16(4-8(17)18)5-9(19)20/h1-3H,4-6H2,(H,17,18)(H,19,20). The number of aliphatic carboxylic acids is 2. The lowest BCUT2D eigenvalue weighted by Crippen LogP contribution is -2.40. The van der Waals surface area contributed by atoms with E-state index in [1.165, 1.54) is 6.07 Å². The van der Waals surface area contributed by atoms with Crippen molar-refractivity contribution in [3.63, 3.8) is 0 Å². The molecular formula is C11H11F3N2O5. The van der Waals surface area contributed by atoms with Gasteiger partial charge in [0.25, 0.3) is 5.91 Å². The number of halogens is 3. The highest BCUT2D eigenvalue weighted by atomic mass is 19.4. The minimum absolute atomic E-state index is 0.435. The predicted molar refractivity (Wildman–Crippen MR) is 61.7 cm³/mol. The Hall–Kier alpha value is -2.52. The predicted octanol–water partition coefficient (Wildman–Crippen LogP) is 0.662. The van der Waals surface area contributed by atoms with Gasteiger partial charge in [0, 0.05) is 6.20 Å². The van der Waals surface area contributed by atoms with E-state index in [1.807, 2.05) is 0 Å². The Morgan fingerprint density at radius 3 is 2.10 bits per heavy atom. The molecule has 1 amide bonds. The van der Waals surface area contributed by atoms with E-state index in [2.05, 4.69) is 0 Å². The molecule has 1 rings (SSSR count). The average molecular weight is 308 g/mol. The van der Waals surface area contributed by atoms with Crippen LogP contribution in [-0.4, -0.2) is 56.8 Å². The van der Waals surface area contributed by atoms with Crippen molar-refractivity contribution in [2.75, 3.05) is 13.1 Å². The van der Waals surface area contributed by atoms with Gasteiger partial charge in [-0.25, -0.2) is 0 Å². The van der Waals surface area contributed by atoms with Crippen molar-refractivity contribution < 1.29 is 37.8 Å². The number of nitrogens with zero attached hydrogens (tertiary/aromatic N) is 2. The fourth-order valence-electron chi connectivity index (χ4n) is 1.63. The molecule has 2 N–H and O–H groups in total. The summed E-state index contributed by atoms with van der Waals surface area (Å²) in [4.78, 5) is 33.6. The van der Waals surface area contributed by atoms with Gasteiger partial charge >= 0.3 is 18.1 Å². The Balaban J connectivity index is 3.01. The second-order valence-electron chi connectivity index (χ2n) is 4.09. The van der Waals surface area contributed by atoms with Crippen molar-refractivity contribution in [1.29, 1.82) is 0 Å². The van der Waals surface area contributed by atoms with Crippen LogP contribution < -0.4 is 0 Å². The summed E-state index contributed by atoms with van der Waals surface area (Å²) in [5.41, 5.74) is -0.435. The molecule has 7 nitrogen and oxygen atoms in total. The Morgan fingerprint density at radius 2 is 1.67 bits per heavy atom. The molecule has 1 aromatic heterocycles. The first-order chi connectivity index (χ1) is 9.60. The number of carbonyl (C=O) groups excluding carboxylic acids is 1. The van der Waals surface area contributed by atoms with E-state index in [0.29, 0.717) is 9.47 Å². The van der Waals surface area contributed by atoms with E-state index in [0.717, 1.165) is 12.3 Å². The van der Waals surface area contributed by atoms with Crippen LogP contribution in [0.4, 0.5) is 13.2 Å². The minimum Gasteiger partial charge on any atom is -0.480 e. The van der Waals surface area contributed by atoms with Gasteiger partial charge in [-0.3, -0.25) is 14.4 Å². The Bertz CT molecular complexity index is 536. The fraction of sp³-hybridized carbons (Fsp3) is 0.364.